The van der Waals surface area contributed by atoms with Crippen LogP contribution in [0.3, 0.4) is 0 Å². The normalized spacial score (nSPS) is 24.3. The van der Waals surface area contributed by atoms with Crippen LogP contribution in [-0.2, 0) is 14.4 Å². The molecule has 6 nitrogen and oxygen atoms in total. The number of nitrogens with zero attached hydrogens (tertiary/aromatic N) is 2. The molecule has 0 radical (unpaired) electrons. The fraction of sp³-hybridized carbons (Fsp3) is 0.529. The fourth-order valence-electron chi connectivity index (χ4n) is 2.82. The highest BCUT2D eigenvalue weighted by Crippen LogP contribution is 2.27. The van der Waals surface area contributed by atoms with Gasteiger partial charge >= 0.3 is 0 Å². The first-order valence-electron chi connectivity index (χ1n) is 8.16. The van der Waals surface area contributed by atoms with Gasteiger partial charge in [-0.15, -0.1) is 0 Å². The summed E-state index contributed by atoms with van der Waals surface area (Å²) in [5.74, 6) is -0.537. The van der Waals surface area contributed by atoms with Crippen molar-refractivity contribution in [3.8, 4) is 0 Å². The highest BCUT2D eigenvalue weighted by molar-refractivity contribution is 6.05. The lowest BCUT2D eigenvalue weighted by Crippen LogP contribution is -2.48. The summed E-state index contributed by atoms with van der Waals surface area (Å²) in [6, 6.07) is 6.14. The first kappa shape index (κ1) is 16.9. The Balaban J connectivity index is 1.50. The minimum absolute atomic E-state index is 0.203. The first-order valence-corrected chi connectivity index (χ1v) is 8.16. The van der Waals surface area contributed by atoms with E-state index in [2.05, 4.69) is 15.4 Å². The molecule has 0 aromatic heterocycles. The Morgan fingerprint density at radius 1 is 1.42 bits per heavy atom. The van der Waals surface area contributed by atoms with Gasteiger partial charge in [-0.3, -0.25) is 9.69 Å². The number of carbonyl (C=O) groups excluding carboxylic acids is 1. The van der Waals surface area contributed by atoms with Crippen molar-refractivity contribution in [3.05, 3.63) is 35.6 Å². The quantitative estimate of drug-likeness (QED) is 0.877. The van der Waals surface area contributed by atoms with Gasteiger partial charge in [0.15, 0.2) is 0 Å². The highest BCUT2D eigenvalue weighted by Gasteiger charge is 2.42. The molecule has 1 aromatic carbocycles. The number of hydrogen-bond acceptors (Lipinski definition) is 5. The maximum absolute atomic E-state index is 13.3. The Morgan fingerprint density at radius 2 is 2.21 bits per heavy atom. The monoisotopic (exact) mass is 335 g/mol. The van der Waals surface area contributed by atoms with Gasteiger partial charge in [0.2, 0.25) is 5.60 Å². The molecule has 24 heavy (non-hydrogen) atoms. The molecule has 0 bridgehead atoms. The van der Waals surface area contributed by atoms with Crippen LogP contribution in [0.1, 0.15) is 18.9 Å². The maximum atomic E-state index is 13.3. The number of amides is 1. The zero-order chi connectivity index (χ0) is 17.0. The van der Waals surface area contributed by atoms with E-state index in [0.717, 1.165) is 32.8 Å². The summed E-state index contributed by atoms with van der Waals surface area (Å²) in [6.07, 6.45) is 0.319. The molecule has 1 amide bonds. The molecule has 1 atom stereocenters. The number of benzene rings is 1. The molecular formula is C17H22FN3O3. The number of carbonyl (C=O) groups is 1. The standard InChI is InChI=1S/C17H22FN3O3/c1-17(16(22)19-5-6-21-7-9-23-10-8-21)12-15(20-24-17)13-3-2-4-14(18)11-13/h2-4,11H,5-10,12H2,1H3,(H,19,22). The van der Waals surface area contributed by atoms with Gasteiger partial charge in [-0.05, 0) is 19.1 Å². The van der Waals surface area contributed by atoms with E-state index in [1.807, 2.05) is 0 Å². The van der Waals surface area contributed by atoms with Gasteiger partial charge in [-0.2, -0.15) is 0 Å². The van der Waals surface area contributed by atoms with Crippen molar-refractivity contribution >= 4 is 11.6 Å². The molecule has 2 aliphatic rings. The van der Waals surface area contributed by atoms with Gasteiger partial charge in [0.25, 0.3) is 5.91 Å². The van der Waals surface area contributed by atoms with Crippen LogP contribution in [0.15, 0.2) is 29.4 Å². The topological polar surface area (TPSA) is 63.2 Å². The van der Waals surface area contributed by atoms with Gasteiger partial charge in [0, 0.05) is 38.2 Å². The lowest BCUT2D eigenvalue weighted by molar-refractivity contribution is -0.141. The van der Waals surface area contributed by atoms with Crippen LogP contribution in [0.4, 0.5) is 4.39 Å². The Kier molecular flexibility index (Phi) is 5.11. The third kappa shape index (κ3) is 3.91. The third-order valence-electron chi connectivity index (χ3n) is 4.32. The molecule has 0 saturated carbocycles. The van der Waals surface area contributed by atoms with Crippen molar-refractivity contribution in [2.45, 2.75) is 18.9 Å². The average molecular weight is 335 g/mol. The summed E-state index contributed by atoms with van der Waals surface area (Å²) in [4.78, 5) is 20.0. The molecule has 1 aromatic rings. The van der Waals surface area contributed by atoms with E-state index >= 15 is 0 Å². The smallest absolute Gasteiger partial charge is 0.267 e. The van der Waals surface area contributed by atoms with Crippen molar-refractivity contribution in [2.75, 3.05) is 39.4 Å². The highest BCUT2D eigenvalue weighted by atomic mass is 19.1. The molecule has 0 aliphatic carbocycles. The summed E-state index contributed by atoms with van der Waals surface area (Å²) in [5.41, 5.74) is 0.173. The molecule has 1 saturated heterocycles. The molecule has 1 fully saturated rings. The van der Waals surface area contributed by atoms with E-state index in [0.29, 0.717) is 24.2 Å². The van der Waals surface area contributed by atoms with E-state index < -0.39 is 5.60 Å². The van der Waals surface area contributed by atoms with Crippen LogP contribution < -0.4 is 5.32 Å². The van der Waals surface area contributed by atoms with Gasteiger partial charge in [0.1, 0.15) is 5.82 Å². The number of halogens is 1. The molecule has 1 unspecified atom stereocenters. The number of ether oxygens (including phenoxy) is 1. The SMILES string of the molecule is CC1(C(=O)NCCN2CCOCC2)CC(c2cccc(F)c2)=NO1. The predicted octanol–water partition coefficient (Wildman–Crippen LogP) is 1.16. The summed E-state index contributed by atoms with van der Waals surface area (Å²) < 4.78 is 18.6. The van der Waals surface area contributed by atoms with Crippen LogP contribution >= 0.6 is 0 Å². The van der Waals surface area contributed by atoms with Gasteiger partial charge < -0.3 is 14.9 Å². The number of rotatable bonds is 5. The van der Waals surface area contributed by atoms with E-state index in [9.17, 15) is 9.18 Å². The first-order chi connectivity index (χ1) is 11.6. The second kappa shape index (κ2) is 7.27. The largest absolute Gasteiger partial charge is 0.379 e. The average Bonchev–Trinajstić information content (AvgIpc) is 3.00. The zero-order valence-electron chi connectivity index (χ0n) is 13.8. The van der Waals surface area contributed by atoms with Crippen LogP contribution in [-0.4, -0.2) is 61.5 Å². The second-order valence-electron chi connectivity index (χ2n) is 6.26. The van der Waals surface area contributed by atoms with E-state index in [1.54, 1.807) is 19.1 Å². The maximum Gasteiger partial charge on any atom is 0.267 e. The summed E-state index contributed by atoms with van der Waals surface area (Å²) in [6.45, 7) is 6.27. The van der Waals surface area contributed by atoms with Crippen molar-refractivity contribution in [1.82, 2.24) is 10.2 Å². The minimum atomic E-state index is -1.05. The van der Waals surface area contributed by atoms with Gasteiger partial charge in [0.05, 0.1) is 18.9 Å². The summed E-state index contributed by atoms with van der Waals surface area (Å²) >= 11 is 0. The van der Waals surface area contributed by atoms with Crippen molar-refractivity contribution in [3.63, 3.8) is 0 Å². The van der Waals surface area contributed by atoms with Crippen LogP contribution in [0.2, 0.25) is 0 Å². The second-order valence-corrected chi connectivity index (χ2v) is 6.26. The Bertz CT molecular complexity index is 631. The minimum Gasteiger partial charge on any atom is -0.379 e. The molecule has 3 rings (SSSR count). The van der Waals surface area contributed by atoms with E-state index in [1.165, 1.54) is 12.1 Å². The van der Waals surface area contributed by atoms with Gasteiger partial charge in [-0.25, -0.2) is 4.39 Å². The third-order valence-corrected chi connectivity index (χ3v) is 4.32. The molecule has 2 aliphatic heterocycles. The Labute approximate surface area is 140 Å². The number of hydrogen-bond donors (Lipinski definition) is 1. The van der Waals surface area contributed by atoms with Crippen molar-refractivity contribution < 1.29 is 18.8 Å². The van der Waals surface area contributed by atoms with Crippen LogP contribution in [0.25, 0.3) is 0 Å². The lowest BCUT2D eigenvalue weighted by Gasteiger charge is -2.27. The van der Waals surface area contributed by atoms with Crippen LogP contribution in [0.5, 0.6) is 0 Å². The number of nitrogens with one attached hydrogen (secondary N) is 1. The van der Waals surface area contributed by atoms with Crippen molar-refractivity contribution in [1.29, 1.82) is 0 Å². The summed E-state index contributed by atoms with van der Waals surface area (Å²) in [5, 5.41) is 6.88. The fourth-order valence-corrected chi connectivity index (χ4v) is 2.82. The molecule has 0 spiro atoms. The molecule has 1 N–H and O–H groups in total. The number of oxime groups is 1. The zero-order valence-corrected chi connectivity index (χ0v) is 13.8. The van der Waals surface area contributed by atoms with E-state index in [4.69, 9.17) is 9.57 Å². The predicted molar refractivity (Wildman–Crippen MR) is 87.3 cm³/mol. The molecule has 2 heterocycles. The van der Waals surface area contributed by atoms with Crippen molar-refractivity contribution in [2.24, 2.45) is 5.16 Å². The summed E-state index contributed by atoms with van der Waals surface area (Å²) in [7, 11) is 0. The Morgan fingerprint density at radius 3 is 2.96 bits per heavy atom. The van der Waals surface area contributed by atoms with Gasteiger partial charge in [-0.1, -0.05) is 17.3 Å². The molecule has 130 valence electrons. The molecule has 7 heteroatoms. The van der Waals surface area contributed by atoms with Crippen LogP contribution in [0, 0.1) is 5.82 Å². The lowest BCUT2D eigenvalue weighted by atomic mass is 9.95. The van der Waals surface area contributed by atoms with E-state index in [-0.39, 0.29) is 11.7 Å². The Hall–Kier alpha value is -1.99. The number of morpholine rings is 1. The molecular weight excluding hydrogens is 313 g/mol.